The lowest BCUT2D eigenvalue weighted by atomic mass is 10.2. The molecule has 18 heavy (non-hydrogen) atoms. The number of hydrogen-bond acceptors (Lipinski definition) is 2. The Morgan fingerprint density at radius 3 is 2.56 bits per heavy atom. The van der Waals surface area contributed by atoms with E-state index in [4.69, 9.17) is 0 Å². The van der Waals surface area contributed by atoms with E-state index in [0.717, 1.165) is 0 Å². The van der Waals surface area contributed by atoms with Crippen LogP contribution in [0.1, 0.15) is 23.7 Å². The molecular weight excluding hydrogens is 228 g/mol. The molecule has 0 spiro atoms. The molecule has 4 heteroatoms. The van der Waals surface area contributed by atoms with Crippen molar-refractivity contribution in [2.24, 2.45) is 0 Å². The highest BCUT2D eigenvalue weighted by Crippen LogP contribution is 1.97. The van der Waals surface area contributed by atoms with Crippen LogP contribution < -0.4 is 10.6 Å². The maximum absolute atomic E-state index is 11.6. The summed E-state index contributed by atoms with van der Waals surface area (Å²) < 4.78 is 0. The molecule has 2 N–H and O–H groups in total. The Balaban J connectivity index is 2.25. The number of hydrogen-bond donors (Lipinski definition) is 2. The first-order valence-electron chi connectivity index (χ1n) is 5.73. The van der Waals surface area contributed by atoms with Crippen LogP contribution in [0.2, 0.25) is 0 Å². The van der Waals surface area contributed by atoms with Crippen LogP contribution in [0.15, 0.2) is 30.3 Å². The van der Waals surface area contributed by atoms with Crippen LogP contribution in [0.4, 0.5) is 0 Å². The molecule has 2 amide bonds. The van der Waals surface area contributed by atoms with Gasteiger partial charge in [-0.25, -0.2) is 0 Å². The van der Waals surface area contributed by atoms with Gasteiger partial charge in [-0.3, -0.25) is 9.59 Å². The topological polar surface area (TPSA) is 58.2 Å². The van der Waals surface area contributed by atoms with E-state index in [1.807, 2.05) is 6.07 Å². The molecule has 0 aromatic heterocycles. The van der Waals surface area contributed by atoms with Crippen molar-refractivity contribution in [1.29, 1.82) is 0 Å². The molecule has 0 saturated heterocycles. The molecule has 94 valence electrons. The molecule has 0 bridgehead atoms. The third-order valence-electron chi connectivity index (χ3n) is 2.19. The van der Waals surface area contributed by atoms with Crippen LogP contribution in [0.3, 0.4) is 0 Å². The van der Waals surface area contributed by atoms with Crippen molar-refractivity contribution in [1.82, 2.24) is 10.6 Å². The number of carbonyl (C=O) groups excluding carboxylic acids is 2. The van der Waals surface area contributed by atoms with Gasteiger partial charge < -0.3 is 10.6 Å². The van der Waals surface area contributed by atoms with Gasteiger partial charge in [0.05, 0.1) is 6.54 Å². The first-order valence-corrected chi connectivity index (χ1v) is 5.73. The summed E-state index contributed by atoms with van der Waals surface area (Å²) in [5, 5.41) is 5.22. The van der Waals surface area contributed by atoms with E-state index in [1.54, 1.807) is 31.2 Å². The van der Waals surface area contributed by atoms with Crippen molar-refractivity contribution in [3.63, 3.8) is 0 Å². The molecule has 1 aromatic carbocycles. The van der Waals surface area contributed by atoms with Gasteiger partial charge in [0.25, 0.3) is 5.91 Å². The monoisotopic (exact) mass is 244 g/mol. The summed E-state index contributed by atoms with van der Waals surface area (Å²) in [5.74, 6) is 5.12. The highest BCUT2D eigenvalue weighted by atomic mass is 16.2. The fourth-order valence-electron chi connectivity index (χ4n) is 1.30. The molecule has 0 heterocycles. The normalized spacial score (nSPS) is 8.94. The predicted octanol–water partition coefficient (Wildman–Crippen LogP) is 0.946. The van der Waals surface area contributed by atoms with Gasteiger partial charge in [-0.15, -0.1) is 11.8 Å². The van der Waals surface area contributed by atoms with E-state index in [1.165, 1.54) is 0 Å². The van der Waals surface area contributed by atoms with Gasteiger partial charge in [-0.1, -0.05) is 18.2 Å². The van der Waals surface area contributed by atoms with Crippen molar-refractivity contribution in [3.8, 4) is 11.8 Å². The van der Waals surface area contributed by atoms with E-state index in [2.05, 4.69) is 22.5 Å². The third kappa shape index (κ3) is 5.17. The Bertz CT molecular complexity index is 458. The molecule has 1 aromatic rings. The fourth-order valence-corrected chi connectivity index (χ4v) is 1.30. The van der Waals surface area contributed by atoms with Crippen molar-refractivity contribution in [2.75, 3.05) is 13.1 Å². The summed E-state index contributed by atoms with van der Waals surface area (Å²) in [7, 11) is 0. The van der Waals surface area contributed by atoms with Gasteiger partial charge in [0.1, 0.15) is 0 Å². The van der Waals surface area contributed by atoms with Crippen molar-refractivity contribution >= 4 is 11.8 Å². The van der Waals surface area contributed by atoms with Gasteiger partial charge in [0.15, 0.2) is 0 Å². The molecule has 0 aliphatic carbocycles. The first-order chi connectivity index (χ1) is 8.74. The maximum Gasteiger partial charge on any atom is 0.251 e. The zero-order valence-corrected chi connectivity index (χ0v) is 10.3. The summed E-state index contributed by atoms with van der Waals surface area (Å²) in [6, 6.07) is 8.78. The van der Waals surface area contributed by atoms with Crippen LogP contribution in [-0.2, 0) is 4.79 Å². The summed E-state index contributed by atoms with van der Waals surface area (Å²) >= 11 is 0. The lowest BCUT2D eigenvalue weighted by Gasteiger charge is -2.05. The van der Waals surface area contributed by atoms with Gasteiger partial charge in [0, 0.05) is 18.5 Å². The largest absolute Gasteiger partial charge is 0.354 e. The SMILES string of the molecule is CC#CCCNC(=O)CNC(=O)c1ccccc1. The van der Waals surface area contributed by atoms with Gasteiger partial charge in [0.2, 0.25) is 5.91 Å². The minimum absolute atomic E-state index is 0.0206. The van der Waals surface area contributed by atoms with E-state index >= 15 is 0 Å². The summed E-state index contributed by atoms with van der Waals surface area (Å²) in [5.41, 5.74) is 0.544. The molecule has 0 radical (unpaired) electrons. The van der Waals surface area contributed by atoms with E-state index < -0.39 is 0 Å². The Hall–Kier alpha value is -2.28. The van der Waals surface area contributed by atoms with E-state index in [0.29, 0.717) is 18.5 Å². The number of rotatable bonds is 5. The standard InChI is InChI=1S/C14H16N2O2/c1-2-3-7-10-15-13(17)11-16-14(18)12-8-5-4-6-9-12/h4-6,8-9H,7,10-11H2,1H3,(H,15,17)(H,16,18). The lowest BCUT2D eigenvalue weighted by Crippen LogP contribution is -2.37. The Kier molecular flexibility index (Phi) is 6.05. The number of carbonyl (C=O) groups is 2. The van der Waals surface area contributed by atoms with Crippen molar-refractivity contribution in [3.05, 3.63) is 35.9 Å². The van der Waals surface area contributed by atoms with Crippen molar-refractivity contribution in [2.45, 2.75) is 13.3 Å². The molecule has 0 atom stereocenters. The Morgan fingerprint density at radius 1 is 1.17 bits per heavy atom. The molecule has 0 aliphatic rings. The predicted molar refractivity (Wildman–Crippen MR) is 69.9 cm³/mol. The second kappa shape index (κ2) is 7.91. The molecule has 0 fully saturated rings. The van der Waals surface area contributed by atoms with Crippen LogP contribution in [-0.4, -0.2) is 24.9 Å². The van der Waals surface area contributed by atoms with Gasteiger partial charge in [-0.05, 0) is 19.1 Å². The minimum atomic E-state index is -0.251. The van der Waals surface area contributed by atoms with Crippen LogP contribution in [0.25, 0.3) is 0 Å². The molecule has 4 nitrogen and oxygen atoms in total. The van der Waals surface area contributed by atoms with Gasteiger partial charge in [-0.2, -0.15) is 0 Å². The van der Waals surface area contributed by atoms with Crippen LogP contribution in [0.5, 0.6) is 0 Å². The second-order valence-corrected chi connectivity index (χ2v) is 3.58. The van der Waals surface area contributed by atoms with Crippen molar-refractivity contribution < 1.29 is 9.59 Å². The van der Waals surface area contributed by atoms with Gasteiger partial charge >= 0.3 is 0 Å². The first kappa shape index (κ1) is 13.8. The third-order valence-corrected chi connectivity index (χ3v) is 2.19. The zero-order chi connectivity index (χ0) is 13.2. The summed E-state index contributed by atoms with van der Waals surface area (Å²) in [6.45, 7) is 2.23. The Labute approximate surface area is 107 Å². The highest BCUT2D eigenvalue weighted by Gasteiger charge is 2.06. The maximum atomic E-state index is 11.6. The molecular formula is C14H16N2O2. The van der Waals surface area contributed by atoms with Crippen LogP contribution >= 0.6 is 0 Å². The smallest absolute Gasteiger partial charge is 0.251 e. The Morgan fingerprint density at radius 2 is 1.89 bits per heavy atom. The highest BCUT2D eigenvalue weighted by molar-refractivity contribution is 5.96. The fraction of sp³-hybridized carbons (Fsp3) is 0.286. The number of benzene rings is 1. The summed E-state index contributed by atoms with van der Waals surface area (Å²) in [6.07, 6.45) is 0.620. The molecule has 0 unspecified atom stereocenters. The molecule has 0 saturated carbocycles. The zero-order valence-electron chi connectivity index (χ0n) is 10.3. The lowest BCUT2D eigenvalue weighted by molar-refractivity contribution is -0.120. The van der Waals surface area contributed by atoms with E-state index in [-0.39, 0.29) is 18.4 Å². The minimum Gasteiger partial charge on any atom is -0.354 e. The quantitative estimate of drug-likeness (QED) is 0.598. The average molecular weight is 244 g/mol. The second-order valence-electron chi connectivity index (χ2n) is 3.58. The van der Waals surface area contributed by atoms with E-state index in [9.17, 15) is 9.59 Å². The number of amides is 2. The van der Waals surface area contributed by atoms with Crippen LogP contribution in [0, 0.1) is 11.8 Å². The number of nitrogens with one attached hydrogen (secondary N) is 2. The average Bonchev–Trinajstić information content (AvgIpc) is 2.42. The summed E-state index contributed by atoms with van der Waals surface area (Å²) in [4.78, 5) is 23.0. The molecule has 0 aliphatic heterocycles. The molecule has 1 rings (SSSR count).